The average molecular weight is 226 g/mol. The Morgan fingerprint density at radius 3 is 2.25 bits per heavy atom. The van der Waals surface area contributed by atoms with Crippen molar-refractivity contribution in [3.63, 3.8) is 0 Å². The molecule has 16 heavy (non-hydrogen) atoms. The quantitative estimate of drug-likeness (QED) is 0.700. The van der Waals surface area contributed by atoms with E-state index in [4.69, 9.17) is 0 Å². The van der Waals surface area contributed by atoms with E-state index >= 15 is 0 Å². The molecule has 2 nitrogen and oxygen atoms in total. The predicted molar refractivity (Wildman–Crippen MR) is 71.7 cm³/mol. The van der Waals surface area contributed by atoms with E-state index < -0.39 is 0 Å². The minimum absolute atomic E-state index is 0.770. The highest BCUT2D eigenvalue weighted by molar-refractivity contribution is 4.74. The highest BCUT2D eigenvalue weighted by Crippen LogP contribution is 2.23. The summed E-state index contributed by atoms with van der Waals surface area (Å²) >= 11 is 0. The molecular weight excluding hydrogens is 196 g/mol. The van der Waals surface area contributed by atoms with Gasteiger partial charge in [-0.1, -0.05) is 27.7 Å². The molecule has 1 rings (SSSR count). The molecule has 0 atom stereocenters. The molecule has 0 aliphatic carbocycles. The molecule has 0 radical (unpaired) electrons. The lowest BCUT2D eigenvalue weighted by molar-refractivity contribution is 0.158. The summed E-state index contributed by atoms with van der Waals surface area (Å²) in [5, 5.41) is 3.52. The summed E-state index contributed by atoms with van der Waals surface area (Å²) in [6.45, 7) is 15.4. The van der Waals surface area contributed by atoms with Gasteiger partial charge in [-0.25, -0.2) is 0 Å². The van der Waals surface area contributed by atoms with Gasteiger partial charge >= 0.3 is 0 Å². The van der Waals surface area contributed by atoms with Gasteiger partial charge in [-0.15, -0.1) is 0 Å². The Balaban J connectivity index is 2.04. The number of rotatable bonds is 6. The third-order valence-corrected chi connectivity index (χ3v) is 3.73. The van der Waals surface area contributed by atoms with E-state index in [1.54, 1.807) is 0 Å². The SMILES string of the molecule is CC(C)CNCCN1CCC(C(C)C)CC1. The zero-order valence-electron chi connectivity index (χ0n) is 11.6. The van der Waals surface area contributed by atoms with Crippen LogP contribution < -0.4 is 5.32 Å². The van der Waals surface area contributed by atoms with E-state index in [-0.39, 0.29) is 0 Å². The molecule has 1 aliphatic rings. The van der Waals surface area contributed by atoms with Crippen LogP contribution in [0.5, 0.6) is 0 Å². The van der Waals surface area contributed by atoms with Crippen LogP contribution in [-0.4, -0.2) is 37.6 Å². The van der Waals surface area contributed by atoms with Crippen LogP contribution in [0.3, 0.4) is 0 Å². The fourth-order valence-corrected chi connectivity index (χ4v) is 2.47. The van der Waals surface area contributed by atoms with E-state index in [2.05, 4.69) is 37.9 Å². The third kappa shape index (κ3) is 5.31. The number of nitrogens with one attached hydrogen (secondary N) is 1. The first-order chi connectivity index (χ1) is 7.59. The first-order valence-corrected chi connectivity index (χ1v) is 7.02. The van der Waals surface area contributed by atoms with E-state index in [0.717, 1.165) is 30.8 Å². The Labute approximate surface area is 102 Å². The van der Waals surface area contributed by atoms with Gasteiger partial charge in [-0.2, -0.15) is 0 Å². The fraction of sp³-hybridized carbons (Fsp3) is 1.00. The maximum absolute atomic E-state index is 3.52. The highest BCUT2D eigenvalue weighted by Gasteiger charge is 2.20. The summed E-state index contributed by atoms with van der Waals surface area (Å²) in [4.78, 5) is 2.62. The summed E-state index contributed by atoms with van der Waals surface area (Å²) in [6, 6.07) is 0. The predicted octanol–water partition coefficient (Wildman–Crippen LogP) is 2.60. The number of hydrogen-bond donors (Lipinski definition) is 1. The normalized spacial score (nSPS) is 19.9. The minimum Gasteiger partial charge on any atom is -0.315 e. The molecule has 2 heteroatoms. The molecule has 1 aliphatic heterocycles. The molecule has 1 fully saturated rings. The van der Waals surface area contributed by atoms with Crippen LogP contribution in [0.4, 0.5) is 0 Å². The molecule has 1 heterocycles. The molecule has 0 bridgehead atoms. The molecule has 0 spiro atoms. The highest BCUT2D eigenvalue weighted by atomic mass is 15.1. The van der Waals surface area contributed by atoms with Crippen LogP contribution in [0.15, 0.2) is 0 Å². The van der Waals surface area contributed by atoms with Crippen molar-refractivity contribution in [2.45, 2.75) is 40.5 Å². The van der Waals surface area contributed by atoms with Crippen molar-refractivity contribution in [2.24, 2.45) is 17.8 Å². The van der Waals surface area contributed by atoms with Crippen LogP contribution in [0, 0.1) is 17.8 Å². The monoisotopic (exact) mass is 226 g/mol. The van der Waals surface area contributed by atoms with Crippen LogP contribution in [0.2, 0.25) is 0 Å². The van der Waals surface area contributed by atoms with Gasteiger partial charge in [0.05, 0.1) is 0 Å². The zero-order valence-corrected chi connectivity index (χ0v) is 11.6. The standard InChI is InChI=1S/C14H30N2/c1-12(2)11-15-7-10-16-8-5-14(6-9-16)13(3)4/h12-15H,5-11H2,1-4H3. The Morgan fingerprint density at radius 2 is 1.75 bits per heavy atom. The number of likely N-dealkylation sites (tertiary alicyclic amines) is 1. The van der Waals surface area contributed by atoms with Crippen molar-refractivity contribution >= 4 is 0 Å². The van der Waals surface area contributed by atoms with Crippen molar-refractivity contribution in [1.29, 1.82) is 0 Å². The molecule has 0 saturated carbocycles. The van der Waals surface area contributed by atoms with Crippen molar-refractivity contribution < 1.29 is 0 Å². The summed E-state index contributed by atoms with van der Waals surface area (Å²) < 4.78 is 0. The molecule has 0 unspecified atom stereocenters. The molecule has 0 aromatic carbocycles. The summed E-state index contributed by atoms with van der Waals surface area (Å²) in [5.74, 6) is 2.62. The zero-order chi connectivity index (χ0) is 12.0. The van der Waals surface area contributed by atoms with Crippen molar-refractivity contribution in [3.8, 4) is 0 Å². The molecule has 1 N–H and O–H groups in total. The largest absolute Gasteiger partial charge is 0.315 e. The van der Waals surface area contributed by atoms with Crippen molar-refractivity contribution in [2.75, 3.05) is 32.7 Å². The fourth-order valence-electron chi connectivity index (χ4n) is 2.47. The second-order valence-electron chi connectivity index (χ2n) is 6.02. The molecule has 96 valence electrons. The van der Waals surface area contributed by atoms with Crippen LogP contribution in [0.25, 0.3) is 0 Å². The average Bonchev–Trinajstić information content (AvgIpc) is 2.25. The minimum atomic E-state index is 0.770. The first kappa shape index (κ1) is 14.0. The Morgan fingerprint density at radius 1 is 1.12 bits per heavy atom. The summed E-state index contributed by atoms with van der Waals surface area (Å²) in [6.07, 6.45) is 2.81. The molecule has 1 saturated heterocycles. The van der Waals surface area contributed by atoms with E-state index in [1.807, 2.05) is 0 Å². The maximum Gasteiger partial charge on any atom is 0.0107 e. The van der Waals surface area contributed by atoms with Gasteiger partial charge in [-0.3, -0.25) is 0 Å². The van der Waals surface area contributed by atoms with Gasteiger partial charge in [0.25, 0.3) is 0 Å². The molecule has 0 aromatic rings. The van der Waals surface area contributed by atoms with E-state index in [0.29, 0.717) is 0 Å². The maximum atomic E-state index is 3.52. The first-order valence-electron chi connectivity index (χ1n) is 7.02. The van der Waals surface area contributed by atoms with E-state index in [9.17, 15) is 0 Å². The van der Waals surface area contributed by atoms with Crippen LogP contribution >= 0.6 is 0 Å². The molecular formula is C14H30N2. The van der Waals surface area contributed by atoms with Gasteiger partial charge in [0, 0.05) is 13.1 Å². The molecule has 0 aromatic heterocycles. The van der Waals surface area contributed by atoms with Gasteiger partial charge in [-0.05, 0) is 50.2 Å². The van der Waals surface area contributed by atoms with Gasteiger partial charge in [0.2, 0.25) is 0 Å². The summed E-state index contributed by atoms with van der Waals surface area (Å²) in [7, 11) is 0. The van der Waals surface area contributed by atoms with Crippen LogP contribution in [-0.2, 0) is 0 Å². The lowest BCUT2D eigenvalue weighted by Crippen LogP contribution is -2.39. The van der Waals surface area contributed by atoms with Gasteiger partial charge < -0.3 is 10.2 Å². The van der Waals surface area contributed by atoms with E-state index in [1.165, 1.54) is 32.5 Å². The number of hydrogen-bond acceptors (Lipinski definition) is 2. The lowest BCUT2D eigenvalue weighted by Gasteiger charge is -2.33. The van der Waals surface area contributed by atoms with Crippen molar-refractivity contribution in [3.05, 3.63) is 0 Å². The van der Waals surface area contributed by atoms with Crippen molar-refractivity contribution in [1.82, 2.24) is 10.2 Å². The number of piperidine rings is 1. The van der Waals surface area contributed by atoms with Crippen LogP contribution in [0.1, 0.15) is 40.5 Å². The van der Waals surface area contributed by atoms with Gasteiger partial charge in [0.15, 0.2) is 0 Å². The Kier molecular flexibility index (Phi) is 6.37. The van der Waals surface area contributed by atoms with Gasteiger partial charge in [0.1, 0.15) is 0 Å². The third-order valence-electron chi connectivity index (χ3n) is 3.73. The second-order valence-corrected chi connectivity index (χ2v) is 6.02. The second kappa shape index (κ2) is 7.29. The topological polar surface area (TPSA) is 15.3 Å². The number of nitrogens with zero attached hydrogens (tertiary/aromatic N) is 1. The Hall–Kier alpha value is -0.0800. The molecule has 0 amide bonds. The smallest absolute Gasteiger partial charge is 0.0107 e. The summed E-state index contributed by atoms with van der Waals surface area (Å²) in [5.41, 5.74) is 0. The lowest BCUT2D eigenvalue weighted by atomic mass is 9.87. The Bertz CT molecular complexity index is 170.